The molecule has 0 aliphatic carbocycles. The van der Waals surface area contributed by atoms with Gasteiger partial charge in [-0.25, -0.2) is 4.79 Å². The number of methoxy groups -OCH3 is 1. The molecule has 0 radical (unpaired) electrons. The molecule has 0 aliphatic heterocycles. The van der Waals surface area contributed by atoms with E-state index < -0.39 is 33.6 Å². The minimum Gasteiger partial charge on any atom is -0.465 e. The lowest BCUT2D eigenvalue weighted by Crippen LogP contribution is -2.32. The van der Waals surface area contributed by atoms with Gasteiger partial charge in [0.1, 0.15) is 5.75 Å². The van der Waals surface area contributed by atoms with Crippen LogP contribution in [0.15, 0.2) is 36.4 Å². The summed E-state index contributed by atoms with van der Waals surface area (Å²) in [5.41, 5.74) is 0. The molecule has 23 heavy (non-hydrogen) atoms. The molecule has 2 rings (SSSR count). The van der Waals surface area contributed by atoms with Gasteiger partial charge in [-0.1, -0.05) is 18.2 Å². The van der Waals surface area contributed by atoms with Gasteiger partial charge in [-0.3, -0.25) is 0 Å². The monoisotopic (exact) mass is 352 g/mol. The highest BCUT2D eigenvalue weighted by molar-refractivity contribution is 7.14. The van der Waals surface area contributed by atoms with Crippen molar-refractivity contribution in [3.8, 4) is 11.5 Å². The summed E-state index contributed by atoms with van der Waals surface area (Å²) in [6.07, 6.45) is -5.78. The minimum atomic E-state index is -5.78. The summed E-state index contributed by atoms with van der Waals surface area (Å²) in [5.74, 6) is -6.41. The van der Waals surface area contributed by atoms with Crippen LogP contribution in [0.3, 0.4) is 0 Å². The third-order valence-corrected chi connectivity index (χ3v) is 3.87. The molecule has 0 bridgehead atoms. The molecule has 1 heterocycles. The van der Waals surface area contributed by atoms with Crippen molar-refractivity contribution >= 4 is 17.3 Å². The highest BCUT2D eigenvalue weighted by atomic mass is 32.1. The number of benzene rings is 1. The second kappa shape index (κ2) is 6.15. The van der Waals surface area contributed by atoms with Gasteiger partial charge in [0.15, 0.2) is 10.6 Å². The molecule has 124 valence electrons. The molecule has 0 amide bonds. The first-order valence-electron chi connectivity index (χ1n) is 6.07. The van der Waals surface area contributed by atoms with E-state index in [0.717, 1.165) is 7.11 Å². The molecule has 3 nitrogen and oxygen atoms in total. The summed E-state index contributed by atoms with van der Waals surface area (Å²) in [5, 5.41) is 0. The molecule has 0 saturated heterocycles. The SMILES string of the molecule is COC(=O)c1sc(C(F)(F)C(F)(F)F)cc1Oc1ccccc1. The number of hydrogen-bond donors (Lipinski definition) is 0. The Balaban J connectivity index is 2.47. The molecular weight excluding hydrogens is 343 g/mol. The van der Waals surface area contributed by atoms with E-state index in [2.05, 4.69) is 4.74 Å². The molecule has 0 N–H and O–H groups in total. The van der Waals surface area contributed by atoms with E-state index >= 15 is 0 Å². The Bertz CT molecular complexity index is 694. The van der Waals surface area contributed by atoms with Crippen molar-refractivity contribution in [3.63, 3.8) is 0 Å². The van der Waals surface area contributed by atoms with E-state index in [4.69, 9.17) is 4.74 Å². The van der Waals surface area contributed by atoms with Gasteiger partial charge in [0.2, 0.25) is 0 Å². The fraction of sp³-hybridized carbons (Fsp3) is 0.214. The molecule has 0 aliphatic rings. The van der Waals surface area contributed by atoms with Crippen LogP contribution in [-0.4, -0.2) is 19.3 Å². The second-order valence-corrected chi connectivity index (χ2v) is 5.34. The molecule has 0 spiro atoms. The fourth-order valence-electron chi connectivity index (χ4n) is 1.60. The van der Waals surface area contributed by atoms with Crippen molar-refractivity contribution in [2.45, 2.75) is 12.1 Å². The number of carbonyl (C=O) groups is 1. The maximum atomic E-state index is 13.4. The first-order chi connectivity index (χ1) is 10.7. The van der Waals surface area contributed by atoms with Crippen LogP contribution in [0.2, 0.25) is 0 Å². The van der Waals surface area contributed by atoms with Crippen LogP contribution in [0.25, 0.3) is 0 Å². The molecular formula is C14H9F5O3S. The topological polar surface area (TPSA) is 35.5 Å². The second-order valence-electron chi connectivity index (χ2n) is 4.28. The minimum absolute atomic E-state index is 0.0243. The van der Waals surface area contributed by atoms with Gasteiger partial charge in [0.05, 0.1) is 12.0 Å². The largest absolute Gasteiger partial charge is 0.465 e. The lowest BCUT2D eigenvalue weighted by molar-refractivity contribution is -0.287. The first kappa shape index (κ1) is 17.2. The quantitative estimate of drug-likeness (QED) is 0.575. The number of thiophene rings is 1. The van der Waals surface area contributed by atoms with Crippen molar-refractivity contribution in [2.75, 3.05) is 7.11 Å². The summed E-state index contributed by atoms with van der Waals surface area (Å²) in [6.45, 7) is 0. The zero-order valence-corrected chi connectivity index (χ0v) is 12.3. The van der Waals surface area contributed by atoms with Crippen molar-refractivity contribution in [2.24, 2.45) is 0 Å². The highest BCUT2D eigenvalue weighted by Gasteiger charge is 2.60. The van der Waals surface area contributed by atoms with Crippen molar-refractivity contribution in [3.05, 3.63) is 46.2 Å². The van der Waals surface area contributed by atoms with Gasteiger partial charge in [0, 0.05) is 6.07 Å². The number of ether oxygens (including phenoxy) is 2. The number of rotatable bonds is 4. The van der Waals surface area contributed by atoms with Crippen LogP contribution >= 0.6 is 11.3 Å². The van der Waals surface area contributed by atoms with Gasteiger partial charge in [-0.15, -0.1) is 11.3 Å². The van der Waals surface area contributed by atoms with Gasteiger partial charge < -0.3 is 9.47 Å². The Hall–Kier alpha value is -2.16. The van der Waals surface area contributed by atoms with Crippen LogP contribution in [0, 0.1) is 0 Å². The molecule has 0 atom stereocenters. The lowest BCUT2D eigenvalue weighted by atomic mass is 10.2. The fourth-order valence-corrected chi connectivity index (χ4v) is 2.59. The Morgan fingerprint density at radius 3 is 2.22 bits per heavy atom. The molecule has 1 aromatic carbocycles. The predicted octanol–water partition coefficient (Wildman–Crippen LogP) is 4.98. The molecule has 1 aromatic heterocycles. The summed E-state index contributed by atoms with van der Waals surface area (Å²) in [4.78, 5) is 9.77. The number of esters is 1. The number of hydrogen-bond acceptors (Lipinski definition) is 4. The van der Waals surface area contributed by atoms with Crippen molar-refractivity contribution in [1.29, 1.82) is 0 Å². The molecule has 9 heteroatoms. The predicted molar refractivity (Wildman–Crippen MR) is 72.1 cm³/mol. The average Bonchev–Trinajstić information content (AvgIpc) is 2.91. The van der Waals surface area contributed by atoms with Gasteiger partial charge in [-0.2, -0.15) is 22.0 Å². The third kappa shape index (κ3) is 3.44. The summed E-state index contributed by atoms with van der Waals surface area (Å²) < 4.78 is 73.9. The summed E-state index contributed by atoms with van der Waals surface area (Å²) in [7, 11) is 0.982. The maximum Gasteiger partial charge on any atom is 0.458 e. The van der Waals surface area contributed by atoms with Gasteiger partial charge >= 0.3 is 18.1 Å². The zero-order chi connectivity index (χ0) is 17.3. The lowest BCUT2D eigenvalue weighted by Gasteiger charge is -2.17. The van der Waals surface area contributed by atoms with Crippen molar-refractivity contribution < 1.29 is 36.2 Å². The number of halogens is 5. The molecule has 0 fully saturated rings. The van der Waals surface area contributed by atoms with E-state index in [9.17, 15) is 26.7 Å². The van der Waals surface area contributed by atoms with Crippen molar-refractivity contribution in [1.82, 2.24) is 0 Å². The number of para-hydroxylation sites is 1. The van der Waals surface area contributed by atoms with E-state index in [-0.39, 0.29) is 17.1 Å². The standard InChI is InChI=1S/C14H9F5O3S/c1-21-12(20)11-9(22-8-5-3-2-4-6-8)7-10(23-11)13(15,16)14(17,18)19/h2-7H,1H3. The third-order valence-electron chi connectivity index (χ3n) is 2.71. The van der Waals surface area contributed by atoms with Gasteiger partial charge in [-0.05, 0) is 12.1 Å². The van der Waals surface area contributed by atoms with Gasteiger partial charge in [0.25, 0.3) is 0 Å². The maximum absolute atomic E-state index is 13.4. The van der Waals surface area contributed by atoms with Crippen LogP contribution < -0.4 is 4.74 Å². The summed E-state index contributed by atoms with van der Waals surface area (Å²) >= 11 is -0.0243. The Labute approximate surface area is 131 Å². The highest BCUT2D eigenvalue weighted by Crippen LogP contribution is 2.49. The van der Waals surface area contributed by atoms with Crippen LogP contribution in [0.5, 0.6) is 11.5 Å². The van der Waals surface area contributed by atoms with Crippen LogP contribution in [0.4, 0.5) is 22.0 Å². The molecule has 0 unspecified atom stereocenters. The molecule has 2 aromatic rings. The van der Waals surface area contributed by atoms with E-state index in [1.165, 1.54) is 12.1 Å². The normalized spacial score (nSPS) is 12.1. The Morgan fingerprint density at radius 1 is 1.09 bits per heavy atom. The van der Waals surface area contributed by atoms with E-state index in [1.54, 1.807) is 18.2 Å². The van der Waals surface area contributed by atoms with E-state index in [1.807, 2.05) is 0 Å². The number of carbonyl (C=O) groups excluding carboxylic acids is 1. The first-order valence-corrected chi connectivity index (χ1v) is 6.88. The molecule has 0 saturated carbocycles. The number of alkyl halides is 5. The van der Waals surface area contributed by atoms with Crippen LogP contribution in [-0.2, 0) is 10.7 Å². The summed E-state index contributed by atoms with van der Waals surface area (Å²) in [6, 6.07) is 8.22. The van der Waals surface area contributed by atoms with Crippen LogP contribution in [0.1, 0.15) is 14.5 Å². The average molecular weight is 352 g/mol. The van der Waals surface area contributed by atoms with E-state index in [0.29, 0.717) is 6.07 Å². The Kier molecular flexibility index (Phi) is 4.60. The smallest absolute Gasteiger partial charge is 0.458 e. The zero-order valence-electron chi connectivity index (χ0n) is 11.5. The Morgan fingerprint density at radius 2 is 1.70 bits per heavy atom.